The molecule has 34 heavy (non-hydrogen) atoms. The van der Waals surface area contributed by atoms with Crippen LogP contribution in [0.3, 0.4) is 0 Å². The number of ether oxygens (including phenoxy) is 3. The summed E-state index contributed by atoms with van der Waals surface area (Å²) in [5, 5.41) is 0.299. The molecule has 2 aromatic rings. The zero-order chi connectivity index (χ0) is 25.7. The third-order valence-electron chi connectivity index (χ3n) is 4.46. The van der Waals surface area contributed by atoms with E-state index in [1.807, 2.05) is 6.92 Å². The number of nitrogens with two attached hydrogens (primary N) is 1. The summed E-state index contributed by atoms with van der Waals surface area (Å²) in [7, 11) is 1.17. The van der Waals surface area contributed by atoms with Crippen molar-refractivity contribution in [3.63, 3.8) is 0 Å². The molecule has 0 aliphatic heterocycles. The predicted octanol–water partition coefficient (Wildman–Crippen LogP) is 5.45. The first-order valence-electron chi connectivity index (χ1n) is 10.9. The lowest BCUT2D eigenvalue weighted by molar-refractivity contribution is 0.0574. The molecule has 2 heterocycles. The summed E-state index contributed by atoms with van der Waals surface area (Å²) in [6.45, 7) is 11.5. The van der Waals surface area contributed by atoms with E-state index < -0.39 is 23.3 Å². The number of imide groups is 1. The average Bonchev–Trinajstić information content (AvgIpc) is 2.70. The van der Waals surface area contributed by atoms with Crippen molar-refractivity contribution in [2.45, 2.75) is 59.1 Å². The molecule has 10 heteroatoms. The standard InChI is InChI=1S/C24H33ClN4O5/c1-15(2)12-24(6,26)14-33-20-18(25)10-17(13-28-20)16-8-9-27-19(11-16)29(21(30)32-7)22(31)34-23(3,4)5/h8-11,13,15H,12,14,26H2,1-7H3. The molecule has 2 aromatic heterocycles. The maximum absolute atomic E-state index is 12.6. The summed E-state index contributed by atoms with van der Waals surface area (Å²) in [6.07, 6.45) is 1.98. The van der Waals surface area contributed by atoms with Crippen LogP contribution >= 0.6 is 11.6 Å². The van der Waals surface area contributed by atoms with Crippen molar-refractivity contribution in [3.05, 3.63) is 35.6 Å². The van der Waals surface area contributed by atoms with E-state index in [9.17, 15) is 9.59 Å². The van der Waals surface area contributed by atoms with Crippen molar-refractivity contribution >= 4 is 29.6 Å². The number of methoxy groups -OCH3 is 1. The van der Waals surface area contributed by atoms with E-state index in [2.05, 4.69) is 23.8 Å². The fourth-order valence-electron chi connectivity index (χ4n) is 3.29. The van der Waals surface area contributed by atoms with E-state index in [1.165, 1.54) is 19.4 Å². The maximum Gasteiger partial charge on any atom is 0.425 e. The van der Waals surface area contributed by atoms with Gasteiger partial charge in [0.2, 0.25) is 5.88 Å². The van der Waals surface area contributed by atoms with E-state index in [0.29, 0.717) is 22.1 Å². The summed E-state index contributed by atoms with van der Waals surface area (Å²) in [5.74, 6) is 0.725. The van der Waals surface area contributed by atoms with Gasteiger partial charge in [-0.25, -0.2) is 19.6 Å². The molecule has 186 valence electrons. The first kappa shape index (κ1) is 27.3. The predicted molar refractivity (Wildman–Crippen MR) is 131 cm³/mol. The van der Waals surface area contributed by atoms with Gasteiger partial charge in [-0.3, -0.25) is 0 Å². The second-order valence-electron chi connectivity index (χ2n) is 9.74. The zero-order valence-corrected chi connectivity index (χ0v) is 21.5. The van der Waals surface area contributed by atoms with E-state index in [4.69, 9.17) is 31.5 Å². The molecule has 0 fully saturated rings. The fraction of sp³-hybridized carbons (Fsp3) is 0.500. The number of carbonyl (C=O) groups excluding carboxylic acids is 2. The van der Waals surface area contributed by atoms with Gasteiger partial charge in [-0.2, -0.15) is 4.90 Å². The quantitative estimate of drug-likeness (QED) is 0.542. The van der Waals surface area contributed by atoms with Crippen LogP contribution < -0.4 is 15.4 Å². The first-order valence-corrected chi connectivity index (χ1v) is 11.2. The molecule has 1 unspecified atom stereocenters. The Labute approximate surface area is 205 Å². The van der Waals surface area contributed by atoms with Crippen LogP contribution in [0.1, 0.15) is 48.0 Å². The number of anilines is 1. The molecule has 0 aliphatic rings. The van der Waals surface area contributed by atoms with Crippen molar-refractivity contribution in [2.75, 3.05) is 18.6 Å². The molecule has 2 rings (SSSR count). The molecule has 0 spiro atoms. The molecule has 0 saturated carbocycles. The van der Waals surface area contributed by atoms with Gasteiger partial charge in [-0.05, 0) is 63.8 Å². The number of amides is 2. The van der Waals surface area contributed by atoms with Crippen LogP contribution in [0.15, 0.2) is 30.6 Å². The number of aromatic nitrogens is 2. The third-order valence-corrected chi connectivity index (χ3v) is 4.73. The topological polar surface area (TPSA) is 117 Å². The van der Waals surface area contributed by atoms with Crippen LogP contribution in [-0.2, 0) is 9.47 Å². The van der Waals surface area contributed by atoms with E-state index >= 15 is 0 Å². The van der Waals surface area contributed by atoms with Crippen LogP contribution in [0.2, 0.25) is 5.02 Å². The Hall–Kier alpha value is -2.91. The Morgan fingerprint density at radius 2 is 1.79 bits per heavy atom. The van der Waals surface area contributed by atoms with Gasteiger partial charge < -0.3 is 19.9 Å². The maximum atomic E-state index is 12.6. The summed E-state index contributed by atoms with van der Waals surface area (Å²) in [6, 6.07) is 4.91. The lowest BCUT2D eigenvalue weighted by Gasteiger charge is -2.26. The number of pyridine rings is 2. The molecule has 0 saturated heterocycles. The fourth-order valence-corrected chi connectivity index (χ4v) is 3.52. The Bertz CT molecular complexity index is 1020. The van der Waals surface area contributed by atoms with Crippen molar-refractivity contribution in [1.82, 2.24) is 9.97 Å². The van der Waals surface area contributed by atoms with Gasteiger partial charge in [-0.1, -0.05) is 25.4 Å². The molecule has 0 radical (unpaired) electrons. The average molecular weight is 493 g/mol. The van der Waals surface area contributed by atoms with Gasteiger partial charge in [0.1, 0.15) is 23.0 Å². The molecule has 0 aromatic carbocycles. The summed E-state index contributed by atoms with van der Waals surface area (Å²) in [4.78, 5) is 34.1. The Morgan fingerprint density at radius 1 is 1.12 bits per heavy atom. The number of carbonyl (C=O) groups is 2. The van der Waals surface area contributed by atoms with Crippen LogP contribution in [-0.4, -0.2) is 47.0 Å². The summed E-state index contributed by atoms with van der Waals surface area (Å²) < 4.78 is 15.8. The van der Waals surface area contributed by atoms with Crippen LogP contribution in [0.25, 0.3) is 11.1 Å². The second kappa shape index (κ2) is 11.0. The number of nitrogens with zero attached hydrogens (tertiary/aromatic N) is 3. The van der Waals surface area contributed by atoms with E-state index in [1.54, 1.807) is 39.1 Å². The zero-order valence-electron chi connectivity index (χ0n) is 20.7. The van der Waals surface area contributed by atoms with Gasteiger partial charge in [0.25, 0.3) is 0 Å². The van der Waals surface area contributed by atoms with Crippen molar-refractivity contribution in [1.29, 1.82) is 0 Å². The molecule has 2 amide bonds. The van der Waals surface area contributed by atoms with Crippen molar-refractivity contribution in [3.8, 4) is 17.0 Å². The minimum atomic E-state index is -0.926. The highest BCUT2D eigenvalue weighted by Gasteiger charge is 2.31. The van der Waals surface area contributed by atoms with Gasteiger partial charge in [-0.15, -0.1) is 0 Å². The highest BCUT2D eigenvalue weighted by molar-refractivity contribution is 6.32. The highest BCUT2D eigenvalue weighted by Crippen LogP contribution is 2.30. The largest absolute Gasteiger partial charge is 0.475 e. The molecule has 0 aliphatic carbocycles. The SMILES string of the molecule is COC(=O)N(C(=O)OC(C)(C)C)c1cc(-c2cnc(OCC(C)(N)CC(C)C)c(Cl)c2)ccn1. The Kier molecular flexibility index (Phi) is 8.85. The Balaban J connectivity index is 2.29. The summed E-state index contributed by atoms with van der Waals surface area (Å²) in [5.41, 5.74) is 6.21. The molecule has 0 bridgehead atoms. The lowest BCUT2D eigenvalue weighted by atomic mass is 9.93. The van der Waals surface area contributed by atoms with Crippen LogP contribution in [0, 0.1) is 5.92 Å². The number of rotatable bonds is 7. The first-order chi connectivity index (χ1) is 15.7. The lowest BCUT2D eigenvalue weighted by Crippen LogP contribution is -2.43. The normalized spacial score (nSPS) is 13.2. The third kappa shape index (κ3) is 7.85. The molecule has 2 N–H and O–H groups in total. The van der Waals surface area contributed by atoms with Crippen LogP contribution in [0.5, 0.6) is 5.88 Å². The Morgan fingerprint density at radius 3 is 2.35 bits per heavy atom. The highest BCUT2D eigenvalue weighted by atomic mass is 35.5. The number of halogens is 1. The van der Waals surface area contributed by atoms with Crippen molar-refractivity contribution < 1.29 is 23.8 Å². The molecular weight excluding hydrogens is 460 g/mol. The van der Waals surface area contributed by atoms with E-state index in [0.717, 1.165) is 11.3 Å². The smallest absolute Gasteiger partial charge is 0.425 e. The number of hydrogen-bond acceptors (Lipinski definition) is 8. The minimum Gasteiger partial charge on any atom is -0.475 e. The van der Waals surface area contributed by atoms with Crippen molar-refractivity contribution in [2.24, 2.45) is 11.7 Å². The van der Waals surface area contributed by atoms with Gasteiger partial charge in [0, 0.05) is 23.5 Å². The summed E-state index contributed by atoms with van der Waals surface area (Å²) >= 11 is 6.41. The monoisotopic (exact) mass is 492 g/mol. The molecular formula is C24H33ClN4O5. The van der Waals surface area contributed by atoms with Gasteiger partial charge in [0.15, 0.2) is 0 Å². The molecule has 9 nitrogen and oxygen atoms in total. The van der Waals surface area contributed by atoms with E-state index in [-0.39, 0.29) is 18.3 Å². The second-order valence-corrected chi connectivity index (χ2v) is 10.1. The van der Waals surface area contributed by atoms with Crippen LogP contribution in [0.4, 0.5) is 15.4 Å². The van der Waals surface area contributed by atoms with Gasteiger partial charge in [0.05, 0.1) is 7.11 Å². The van der Waals surface area contributed by atoms with Gasteiger partial charge >= 0.3 is 12.2 Å². The number of hydrogen-bond donors (Lipinski definition) is 1. The molecule has 1 atom stereocenters. The minimum absolute atomic E-state index is 0.0302.